The molecule has 0 N–H and O–H groups in total. The van der Waals surface area contributed by atoms with E-state index in [1.165, 1.54) is 5.56 Å². The van der Waals surface area contributed by atoms with Crippen LogP contribution in [0, 0.1) is 0 Å². The van der Waals surface area contributed by atoms with Crippen LogP contribution in [0.1, 0.15) is 42.6 Å². The number of hydrogen-bond donors (Lipinski definition) is 0. The molecule has 0 spiro atoms. The van der Waals surface area contributed by atoms with E-state index in [1.807, 2.05) is 43.0 Å². The minimum atomic E-state index is 0.0542. The summed E-state index contributed by atoms with van der Waals surface area (Å²) in [5, 5.41) is 0. The van der Waals surface area contributed by atoms with Crippen molar-refractivity contribution in [2.75, 3.05) is 37.6 Å². The molecule has 2 aliphatic rings. The van der Waals surface area contributed by atoms with Crippen LogP contribution in [0.3, 0.4) is 0 Å². The van der Waals surface area contributed by atoms with E-state index in [-0.39, 0.29) is 5.91 Å². The third kappa shape index (κ3) is 4.92. The monoisotopic (exact) mass is 469 g/mol. The van der Waals surface area contributed by atoms with Crippen molar-refractivity contribution >= 4 is 17.3 Å². The maximum Gasteiger partial charge on any atom is 0.253 e. The van der Waals surface area contributed by atoms with E-state index in [2.05, 4.69) is 58.3 Å². The number of ether oxygens (including phenoxy) is 1. The summed E-state index contributed by atoms with van der Waals surface area (Å²) in [6, 6.07) is 25.4. The second-order valence-corrected chi connectivity index (χ2v) is 9.41. The average molecular weight is 470 g/mol. The Hall–Kier alpha value is -3.31. The molecule has 0 aromatic heterocycles. The highest BCUT2D eigenvalue weighted by molar-refractivity contribution is 5.96. The standard InChI is InChI=1S/C30H35N3O2/c1-3-32(4-2)30(34)24-14-15-27-29(22-24)35-28-13-9-8-12-26(28)33(27)25-17-20-31(21-18-25)19-16-23-10-6-5-7-11-23/h5-15,22,25H,3-4,16-21H2,1-2H3. The zero-order valence-corrected chi connectivity index (χ0v) is 20.8. The molecule has 5 heteroatoms. The summed E-state index contributed by atoms with van der Waals surface area (Å²) in [4.78, 5) is 19.9. The number of carbonyl (C=O) groups excluding carboxylic acids is 1. The van der Waals surface area contributed by atoms with Crippen LogP contribution in [-0.2, 0) is 6.42 Å². The van der Waals surface area contributed by atoms with Gasteiger partial charge in [-0.3, -0.25) is 4.79 Å². The first-order valence-electron chi connectivity index (χ1n) is 12.9. The molecule has 0 atom stereocenters. The molecule has 0 unspecified atom stereocenters. The fourth-order valence-corrected chi connectivity index (χ4v) is 5.34. The van der Waals surface area contributed by atoms with E-state index in [0.717, 1.165) is 61.8 Å². The molecule has 0 saturated carbocycles. The van der Waals surface area contributed by atoms with Crippen LogP contribution in [0.2, 0.25) is 0 Å². The van der Waals surface area contributed by atoms with Gasteiger partial charge in [0.05, 0.1) is 11.4 Å². The zero-order chi connectivity index (χ0) is 24.2. The van der Waals surface area contributed by atoms with Crippen LogP contribution >= 0.6 is 0 Å². The molecular weight excluding hydrogens is 434 g/mol. The largest absolute Gasteiger partial charge is 0.453 e. The van der Waals surface area contributed by atoms with E-state index < -0.39 is 0 Å². The van der Waals surface area contributed by atoms with Crippen molar-refractivity contribution in [3.63, 3.8) is 0 Å². The Labute approximate surface area is 208 Å². The highest BCUT2D eigenvalue weighted by Gasteiger charge is 2.33. The second kappa shape index (κ2) is 10.5. The summed E-state index contributed by atoms with van der Waals surface area (Å²) in [7, 11) is 0. The third-order valence-electron chi connectivity index (χ3n) is 7.34. The predicted molar refractivity (Wildman–Crippen MR) is 142 cm³/mol. The summed E-state index contributed by atoms with van der Waals surface area (Å²) >= 11 is 0. The lowest BCUT2D eigenvalue weighted by Gasteiger charge is -2.42. The van der Waals surface area contributed by atoms with Gasteiger partial charge in [0, 0.05) is 44.3 Å². The van der Waals surface area contributed by atoms with Gasteiger partial charge in [-0.15, -0.1) is 0 Å². The van der Waals surface area contributed by atoms with E-state index >= 15 is 0 Å². The number of para-hydroxylation sites is 2. The topological polar surface area (TPSA) is 36.0 Å². The molecular formula is C30H35N3O2. The molecule has 3 aromatic rings. The van der Waals surface area contributed by atoms with Gasteiger partial charge in [-0.05, 0) is 69.0 Å². The summed E-state index contributed by atoms with van der Waals surface area (Å²) in [6.07, 6.45) is 3.30. The molecule has 0 bridgehead atoms. The number of nitrogens with zero attached hydrogens (tertiary/aromatic N) is 3. The first kappa shape index (κ1) is 23.4. The lowest BCUT2D eigenvalue weighted by Crippen LogP contribution is -2.44. The van der Waals surface area contributed by atoms with Gasteiger partial charge in [0.2, 0.25) is 0 Å². The molecule has 1 saturated heterocycles. The van der Waals surface area contributed by atoms with Crippen LogP contribution in [0.25, 0.3) is 0 Å². The SMILES string of the molecule is CCN(CC)C(=O)c1ccc2c(c1)Oc1ccccc1N2C1CCN(CCc2ccccc2)CC1. The van der Waals surface area contributed by atoms with Crippen molar-refractivity contribution in [1.29, 1.82) is 0 Å². The maximum absolute atomic E-state index is 13.0. The minimum Gasteiger partial charge on any atom is -0.453 e. The first-order chi connectivity index (χ1) is 17.2. The van der Waals surface area contributed by atoms with Crippen molar-refractivity contribution in [2.24, 2.45) is 0 Å². The summed E-state index contributed by atoms with van der Waals surface area (Å²) in [5.74, 6) is 1.69. The number of fused-ring (bicyclic) bond motifs is 2. The Bertz CT molecular complexity index is 1150. The number of likely N-dealkylation sites (tertiary alicyclic amines) is 1. The number of amides is 1. The molecule has 3 aromatic carbocycles. The van der Waals surface area contributed by atoms with Gasteiger partial charge >= 0.3 is 0 Å². The molecule has 0 radical (unpaired) electrons. The number of hydrogen-bond acceptors (Lipinski definition) is 4. The van der Waals surface area contributed by atoms with Crippen molar-refractivity contribution in [1.82, 2.24) is 9.80 Å². The molecule has 1 fully saturated rings. The summed E-state index contributed by atoms with van der Waals surface area (Å²) in [6.45, 7) is 8.71. The van der Waals surface area contributed by atoms with Crippen LogP contribution in [0.4, 0.5) is 11.4 Å². The quantitative estimate of drug-likeness (QED) is 0.418. The van der Waals surface area contributed by atoms with Crippen molar-refractivity contribution in [2.45, 2.75) is 39.2 Å². The second-order valence-electron chi connectivity index (χ2n) is 9.41. The number of rotatable bonds is 7. The van der Waals surface area contributed by atoms with Gasteiger partial charge < -0.3 is 19.4 Å². The average Bonchev–Trinajstić information content (AvgIpc) is 2.92. The van der Waals surface area contributed by atoms with Crippen LogP contribution in [0.15, 0.2) is 72.8 Å². The van der Waals surface area contributed by atoms with Crippen molar-refractivity contribution < 1.29 is 9.53 Å². The first-order valence-corrected chi connectivity index (χ1v) is 12.9. The summed E-state index contributed by atoms with van der Waals surface area (Å²) < 4.78 is 6.32. The Morgan fingerprint density at radius 2 is 1.57 bits per heavy atom. The highest BCUT2D eigenvalue weighted by atomic mass is 16.5. The molecule has 182 valence electrons. The zero-order valence-electron chi connectivity index (χ0n) is 20.8. The van der Waals surface area contributed by atoms with Crippen LogP contribution in [0.5, 0.6) is 11.5 Å². The van der Waals surface area contributed by atoms with E-state index in [4.69, 9.17) is 4.74 Å². The smallest absolute Gasteiger partial charge is 0.253 e. The number of anilines is 2. The lowest BCUT2D eigenvalue weighted by molar-refractivity contribution is 0.0772. The Morgan fingerprint density at radius 3 is 2.31 bits per heavy atom. The minimum absolute atomic E-state index is 0.0542. The summed E-state index contributed by atoms with van der Waals surface area (Å²) in [5.41, 5.74) is 4.26. The van der Waals surface area contributed by atoms with E-state index in [1.54, 1.807) is 0 Å². The van der Waals surface area contributed by atoms with Gasteiger partial charge in [0.1, 0.15) is 0 Å². The van der Waals surface area contributed by atoms with Gasteiger partial charge in [-0.2, -0.15) is 0 Å². The van der Waals surface area contributed by atoms with Gasteiger partial charge in [0.15, 0.2) is 11.5 Å². The van der Waals surface area contributed by atoms with Gasteiger partial charge in [-0.25, -0.2) is 0 Å². The Kier molecular flexibility index (Phi) is 7.05. The highest BCUT2D eigenvalue weighted by Crippen LogP contribution is 2.49. The Balaban J connectivity index is 1.34. The van der Waals surface area contributed by atoms with Gasteiger partial charge in [0.25, 0.3) is 5.91 Å². The predicted octanol–water partition coefficient (Wildman–Crippen LogP) is 6.12. The number of piperidine rings is 1. The third-order valence-corrected chi connectivity index (χ3v) is 7.34. The Morgan fingerprint density at radius 1 is 0.886 bits per heavy atom. The van der Waals surface area contributed by atoms with Crippen LogP contribution < -0.4 is 9.64 Å². The maximum atomic E-state index is 13.0. The normalized spacial score (nSPS) is 15.8. The van der Waals surface area contributed by atoms with Crippen molar-refractivity contribution in [3.05, 3.63) is 83.9 Å². The van der Waals surface area contributed by atoms with Crippen LogP contribution in [-0.4, -0.2) is 54.5 Å². The molecule has 5 nitrogen and oxygen atoms in total. The molecule has 1 amide bonds. The molecule has 35 heavy (non-hydrogen) atoms. The molecule has 0 aliphatic carbocycles. The molecule has 2 aliphatic heterocycles. The van der Waals surface area contributed by atoms with E-state index in [9.17, 15) is 4.79 Å². The van der Waals surface area contributed by atoms with E-state index in [0.29, 0.717) is 24.7 Å². The fourth-order valence-electron chi connectivity index (χ4n) is 5.34. The van der Waals surface area contributed by atoms with Crippen molar-refractivity contribution in [3.8, 4) is 11.5 Å². The number of carbonyl (C=O) groups is 1. The number of benzene rings is 3. The fraction of sp³-hybridized carbons (Fsp3) is 0.367. The molecule has 5 rings (SSSR count). The van der Waals surface area contributed by atoms with Gasteiger partial charge in [-0.1, -0.05) is 42.5 Å². The molecule has 2 heterocycles. The lowest BCUT2D eigenvalue weighted by atomic mass is 9.99.